The van der Waals surface area contributed by atoms with E-state index in [1.807, 2.05) is 0 Å². The molecule has 0 saturated heterocycles. The lowest BCUT2D eigenvalue weighted by molar-refractivity contribution is 0.0442. The third kappa shape index (κ3) is 2.32. The van der Waals surface area contributed by atoms with Gasteiger partial charge in [-0.3, -0.25) is 9.59 Å². The van der Waals surface area contributed by atoms with E-state index in [-0.39, 0.29) is 28.9 Å². The average molecular weight is 291 g/mol. The van der Waals surface area contributed by atoms with Crippen LogP contribution in [0.25, 0.3) is 5.65 Å². The van der Waals surface area contributed by atoms with E-state index in [1.165, 1.54) is 29.9 Å². The first-order valence-corrected chi connectivity index (χ1v) is 6.50. The zero-order valence-corrected chi connectivity index (χ0v) is 11.3. The predicted molar refractivity (Wildman–Crippen MR) is 71.5 cm³/mol. The second kappa shape index (κ2) is 4.51. The van der Waals surface area contributed by atoms with Crippen molar-refractivity contribution in [3.63, 3.8) is 0 Å². The number of nitrogens with two attached hydrogens (primary N) is 1. The maximum atomic E-state index is 13.4. The number of fused-ring (bicyclic) bond motifs is 1. The van der Waals surface area contributed by atoms with Crippen molar-refractivity contribution >= 4 is 17.5 Å². The highest BCUT2D eigenvalue weighted by Crippen LogP contribution is 2.35. The second-order valence-electron chi connectivity index (χ2n) is 5.48. The Bertz CT molecular complexity index is 731. The lowest BCUT2D eigenvalue weighted by atomic mass is 9.79. The first kappa shape index (κ1) is 13.5. The Balaban J connectivity index is 1.87. The number of primary amides is 1. The van der Waals surface area contributed by atoms with Gasteiger partial charge in [0.05, 0.1) is 6.20 Å². The summed E-state index contributed by atoms with van der Waals surface area (Å²) in [5.74, 6) is -1.05. The SMILES string of the molecule is CC1(F)CC(NC(=O)c2ccnc3c(C(N)=O)cnn23)C1. The summed E-state index contributed by atoms with van der Waals surface area (Å²) in [6.07, 6.45) is 3.25. The molecule has 3 rings (SSSR count). The topological polar surface area (TPSA) is 102 Å². The summed E-state index contributed by atoms with van der Waals surface area (Å²) in [6.45, 7) is 1.51. The molecule has 0 aromatic carbocycles. The van der Waals surface area contributed by atoms with Gasteiger partial charge in [0.2, 0.25) is 0 Å². The molecule has 1 aliphatic rings. The molecule has 0 spiro atoms. The van der Waals surface area contributed by atoms with Gasteiger partial charge in [-0.05, 0) is 13.0 Å². The minimum Gasteiger partial charge on any atom is -0.365 e. The maximum absolute atomic E-state index is 13.4. The van der Waals surface area contributed by atoms with Gasteiger partial charge in [-0.1, -0.05) is 0 Å². The number of hydrogen-bond acceptors (Lipinski definition) is 4. The molecule has 0 bridgehead atoms. The number of rotatable bonds is 3. The highest BCUT2D eigenvalue weighted by molar-refractivity contribution is 5.99. The van der Waals surface area contributed by atoms with Crippen LogP contribution < -0.4 is 11.1 Å². The van der Waals surface area contributed by atoms with Gasteiger partial charge in [0, 0.05) is 25.1 Å². The number of hydrogen-bond donors (Lipinski definition) is 2. The molecule has 8 heteroatoms. The maximum Gasteiger partial charge on any atom is 0.270 e. The van der Waals surface area contributed by atoms with Crippen LogP contribution in [0.15, 0.2) is 18.5 Å². The number of halogens is 1. The Morgan fingerprint density at radius 3 is 2.86 bits per heavy atom. The molecule has 1 saturated carbocycles. The van der Waals surface area contributed by atoms with Crippen LogP contribution in [0, 0.1) is 0 Å². The molecular formula is C13H14FN5O2. The molecule has 0 unspecified atom stereocenters. The summed E-state index contributed by atoms with van der Waals surface area (Å²) < 4.78 is 14.7. The zero-order valence-electron chi connectivity index (χ0n) is 11.3. The van der Waals surface area contributed by atoms with E-state index in [1.54, 1.807) is 0 Å². The molecule has 1 fully saturated rings. The number of alkyl halides is 1. The molecule has 7 nitrogen and oxygen atoms in total. The van der Waals surface area contributed by atoms with Crippen molar-refractivity contribution in [1.82, 2.24) is 19.9 Å². The van der Waals surface area contributed by atoms with Crippen molar-refractivity contribution in [2.75, 3.05) is 0 Å². The zero-order chi connectivity index (χ0) is 15.2. The van der Waals surface area contributed by atoms with Gasteiger partial charge in [-0.15, -0.1) is 0 Å². The molecular weight excluding hydrogens is 277 g/mol. The van der Waals surface area contributed by atoms with Crippen molar-refractivity contribution in [1.29, 1.82) is 0 Å². The van der Waals surface area contributed by atoms with Crippen molar-refractivity contribution in [2.24, 2.45) is 5.73 Å². The fraction of sp³-hybridized carbons (Fsp3) is 0.385. The van der Waals surface area contributed by atoms with Crippen molar-refractivity contribution in [3.05, 3.63) is 29.7 Å². The Morgan fingerprint density at radius 2 is 2.24 bits per heavy atom. The van der Waals surface area contributed by atoms with Crippen molar-refractivity contribution in [2.45, 2.75) is 31.5 Å². The van der Waals surface area contributed by atoms with Gasteiger partial charge in [0.15, 0.2) is 5.65 Å². The Hall–Kier alpha value is -2.51. The number of amides is 2. The summed E-state index contributed by atoms with van der Waals surface area (Å²) in [7, 11) is 0. The summed E-state index contributed by atoms with van der Waals surface area (Å²) in [5.41, 5.74) is 4.59. The van der Waals surface area contributed by atoms with E-state index in [4.69, 9.17) is 5.73 Å². The van der Waals surface area contributed by atoms with Gasteiger partial charge < -0.3 is 11.1 Å². The number of nitrogens with one attached hydrogen (secondary N) is 1. The quantitative estimate of drug-likeness (QED) is 0.857. The predicted octanol–water partition coefficient (Wildman–Crippen LogP) is 0.449. The molecule has 2 aromatic rings. The highest BCUT2D eigenvalue weighted by Gasteiger charge is 2.41. The van der Waals surface area contributed by atoms with Gasteiger partial charge in [0.1, 0.15) is 16.9 Å². The van der Waals surface area contributed by atoms with Crippen LogP contribution in [0.1, 0.15) is 40.6 Å². The average Bonchev–Trinajstić information content (AvgIpc) is 2.79. The van der Waals surface area contributed by atoms with Crippen LogP contribution in [-0.4, -0.2) is 38.1 Å². The molecule has 2 heterocycles. The number of carbonyl (C=O) groups excluding carboxylic acids is 2. The summed E-state index contributed by atoms with van der Waals surface area (Å²) >= 11 is 0. The number of carbonyl (C=O) groups is 2. The number of nitrogens with zero attached hydrogens (tertiary/aromatic N) is 3. The molecule has 3 N–H and O–H groups in total. The fourth-order valence-corrected chi connectivity index (χ4v) is 2.57. The minimum atomic E-state index is -1.21. The smallest absolute Gasteiger partial charge is 0.270 e. The van der Waals surface area contributed by atoms with E-state index in [0.29, 0.717) is 12.8 Å². The van der Waals surface area contributed by atoms with E-state index in [0.717, 1.165) is 0 Å². The van der Waals surface area contributed by atoms with Crippen LogP contribution in [0.4, 0.5) is 4.39 Å². The minimum absolute atomic E-state index is 0.143. The van der Waals surface area contributed by atoms with Crippen molar-refractivity contribution < 1.29 is 14.0 Å². The Morgan fingerprint density at radius 1 is 1.52 bits per heavy atom. The standard InChI is InChI=1S/C13H14FN5O2/c1-13(14)4-7(5-13)18-12(21)9-2-3-16-11-8(10(15)20)6-17-19(9)11/h2-3,6-7H,4-5H2,1H3,(H2,15,20)(H,18,21). The third-order valence-corrected chi connectivity index (χ3v) is 3.58. The molecule has 110 valence electrons. The first-order valence-electron chi connectivity index (χ1n) is 6.50. The van der Waals surface area contributed by atoms with Gasteiger partial charge in [0.25, 0.3) is 11.8 Å². The molecule has 2 amide bonds. The molecule has 21 heavy (non-hydrogen) atoms. The monoisotopic (exact) mass is 291 g/mol. The molecule has 0 radical (unpaired) electrons. The molecule has 2 aromatic heterocycles. The first-order chi connectivity index (χ1) is 9.87. The van der Waals surface area contributed by atoms with Crippen LogP contribution >= 0.6 is 0 Å². The molecule has 1 aliphatic carbocycles. The van der Waals surface area contributed by atoms with Gasteiger partial charge in [-0.25, -0.2) is 13.9 Å². The molecule has 0 aliphatic heterocycles. The van der Waals surface area contributed by atoms with E-state index in [9.17, 15) is 14.0 Å². The second-order valence-corrected chi connectivity index (χ2v) is 5.48. The van der Waals surface area contributed by atoms with Crippen LogP contribution in [0.3, 0.4) is 0 Å². The third-order valence-electron chi connectivity index (χ3n) is 3.58. The summed E-state index contributed by atoms with van der Waals surface area (Å²) in [5, 5.41) is 6.69. The van der Waals surface area contributed by atoms with Crippen LogP contribution in [0.5, 0.6) is 0 Å². The van der Waals surface area contributed by atoms with Crippen molar-refractivity contribution in [3.8, 4) is 0 Å². The fourth-order valence-electron chi connectivity index (χ4n) is 2.57. The lowest BCUT2D eigenvalue weighted by Crippen LogP contribution is -2.51. The van der Waals surface area contributed by atoms with Gasteiger partial charge >= 0.3 is 0 Å². The highest BCUT2D eigenvalue weighted by atomic mass is 19.1. The number of aromatic nitrogens is 3. The van der Waals surface area contributed by atoms with Gasteiger partial charge in [-0.2, -0.15) is 5.10 Å². The van der Waals surface area contributed by atoms with Crippen LogP contribution in [0.2, 0.25) is 0 Å². The summed E-state index contributed by atoms with van der Waals surface area (Å²) in [4.78, 5) is 27.5. The largest absolute Gasteiger partial charge is 0.365 e. The Kier molecular flexibility index (Phi) is 2.89. The van der Waals surface area contributed by atoms with E-state index < -0.39 is 11.6 Å². The van der Waals surface area contributed by atoms with E-state index in [2.05, 4.69) is 15.4 Å². The summed E-state index contributed by atoms with van der Waals surface area (Å²) in [6, 6.07) is 1.29. The lowest BCUT2D eigenvalue weighted by Gasteiger charge is -2.38. The Labute approximate surface area is 119 Å². The van der Waals surface area contributed by atoms with E-state index >= 15 is 0 Å². The van der Waals surface area contributed by atoms with Crippen LogP contribution in [-0.2, 0) is 0 Å². The normalized spacial score (nSPS) is 24.6. The molecule has 0 atom stereocenters.